The quantitative estimate of drug-likeness (QED) is 0.365. The van der Waals surface area contributed by atoms with E-state index >= 15 is 0 Å². The van der Waals surface area contributed by atoms with Crippen LogP contribution in [0.2, 0.25) is 0 Å². The molecule has 28 heavy (non-hydrogen) atoms. The number of likely N-dealkylation sites (tertiary alicyclic amines) is 1. The summed E-state index contributed by atoms with van der Waals surface area (Å²) in [6, 6.07) is -2.39. The molecule has 0 aromatic rings. The van der Waals surface area contributed by atoms with Gasteiger partial charge in [-0.3, -0.25) is 14.4 Å². The highest BCUT2D eigenvalue weighted by Crippen LogP contribution is 2.18. The zero-order chi connectivity index (χ0) is 21.3. The van der Waals surface area contributed by atoms with Gasteiger partial charge in [-0.2, -0.15) is 11.8 Å². The standard InChI is InChI=1S/C18H32N4O5S/c1-4-11(2)15(19)17(25)20-10-14(23)22-8-5-6-13(22)16(24)21-12(18(26)27)7-9-28-3/h11-13,15H,4-10,19H2,1-3H3,(H,20,25)(H,21,24)(H,26,27). The fourth-order valence-corrected chi connectivity index (χ4v) is 3.46. The Kier molecular flexibility index (Phi) is 10.3. The first-order valence-electron chi connectivity index (χ1n) is 9.57. The van der Waals surface area contributed by atoms with Crippen molar-refractivity contribution >= 4 is 35.5 Å². The fourth-order valence-electron chi connectivity index (χ4n) is 2.99. The van der Waals surface area contributed by atoms with E-state index in [4.69, 9.17) is 5.73 Å². The van der Waals surface area contributed by atoms with Crippen LogP contribution in [0.25, 0.3) is 0 Å². The number of hydrogen-bond acceptors (Lipinski definition) is 6. The van der Waals surface area contributed by atoms with Crippen LogP contribution in [0.15, 0.2) is 0 Å². The molecule has 0 bridgehead atoms. The van der Waals surface area contributed by atoms with Gasteiger partial charge in [0.2, 0.25) is 17.7 Å². The van der Waals surface area contributed by atoms with Gasteiger partial charge in [-0.15, -0.1) is 0 Å². The molecule has 0 aliphatic carbocycles. The lowest BCUT2D eigenvalue weighted by Crippen LogP contribution is -2.53. The maximum Gasteiger partial charge on any atom is 0.326 e. The first kappa shape index (κ1) is 24.2. The summed E-state index contributed by atoms with van der Waals surface area (Å²) >= 11 is 1.50. The number of rotatable bonds is 11. The Morgan fingerprint density at radius 3 is 2.57 bits per heavy atom. The van der Waals surface area contributed by atoms with Crippen molar-refractivity contribution in [3.8, 4) is 0 Å². The molecular weight excluding hydrogens is 384 g/mol. The molecule has 1 fully saturated rings. The minimum Gasteiger partial charge on any atom is -0.480 e. The van der Waals surface area contributed by atoms with Gasteiger partial charge in [0.25, 0.3) is 0 Å². The van der Waals surface area contributed by atoms with Crippen LogP contribution in [0, 0.1) is 5.92 Å². The van der Waals surface area contributed by atoms with Gasteiger partial charge in [-0.05, 0) is 37.2 Å². The monoisotopic (exact) mass is 416 g/mol. The number of carboxylic acid groups (broad SMARTS) is 1. The third kappa shape index (κ3) is 6.97. The van der Waals surface area contributed by atoms with E-state index in [9.17, 15) is 24.3 Å². The Labute approximate surface area is 170 Å². The predicted octanol–water partition coefficient (Wildman–Crippen LogP) is -0.210. The highest BCUT2D eigenvalue weighted by Gasteiger charge is 2.35. The first-order chi connectivity index (χ1) is 13.2. The van der Waals surface area contributed by atoms with Crippen molar-refractivity contribution in [1.29, 1.82) is 0 Å². The zero-order valence-electron chi connectivity index (χ0n) is 16.8. The fraction of sp³-hybridized carbons (Fsp3) is 0.778. The number of carboxylic acids is 1. The molecule has 1 aliphatic heterocycles. The zero-order valence-corrected chi connectivity index (χ0v) is 17.6. The lowest BCUT2D eigenvalue weighted by Gasteiger charge is -2.26. The average molecular weight is 417 g/mol. The van der Waals surface area contributed by atoms with E-state index in [-0.39, 0.29) is 18.4 Å². The summed E-state index contributed by atoms with van der Waals surface area (Å²) in [6.07, 6.45) is 4.03. The molecule has 0 saturated carbocycles. The highest BCUT2D eigenvalue weighted by atomic mass is 32.2. The maximum atomic E-state index is 12.5. The van der Waals surface area contributed by atoms with Gasteiger partial charge in [-0.1, -0.05) is 20.3 Å². The second-order valence-electron chi connectivity index (χ2n) is 7.06. The van der Waals surface area contributed by atoms with E-state index in [0.29, 0.717) is 31.6 Å². The summed E-state index contributed by atoms with van der Waals surface area (Å²) in [5, 5.41) is 14.3. The molecule has 9 nitrogen and oxygen atoms in total. The van der Waals surface area contributed by atoms with Crippen molar-refractivity contribution in [2.45, 2.75) is 57.7 Å². The number of carbonyl (C=O) groups excluding carboxylic acids is 3. The third-order valence-electron chi connectivity index (χ3n) is 5.07. The molecule has 4 atom stereocenters. The van der Waals surface area contributed by atoms with Crippen LogP contribution in [0.5, 0.6) is 0 Å². The van der Waals surface area contributed by atoms with Gasteiger partial charge in [-0.25, -0.2) is 4.79 Å². The number of carbonyl (C=O) groups is 4. The van der Waals surface area contributed by atoms with Crippen molar-refractivity contribution in [2.75, 3.05) is 25.1 Å². The average Bonchev–Trinajstić information content (AvgIpc) is 3.17. The smallest absolute Gasteiger partial charge is 0.326 e. The molecule has 1 heterocycles. The summed E-state index contributed by atoms with van der Waals surface area (Å²) in [5.74, 6) is -1.74. The molecule has 0 aromatic heterocycles. The van der Waals surface area contributed by atoms with E-state index in [1.807, 2.05) is 20.1 Å². The van der Waals surface area contributed by atoms with E-state index in [2.05, 4.69) is 10.6 Å². The molecule has 1 saturated heterocycles. The van der Waals surface area contributed by atoms with Gasteiger partial charge in [0.15, 0.2) is 0 Å². The van der Waals surface area contributed by atoms with Crippen LogP contribution < -0.4 is 16.4 Å². The molecule has 1 aliphatic rings. The summed E-state index contributed by atoms with van der Waals surface area (Å²) in [5.41, 5.74) is 5.85. The summed E-state index contributed by atoms with van der Waals surface area (Å²) in [7, 11) is 0. The van der Waals surface area contributed by atoms with Crippen LogP contribution in [-0.2, 0) is 19.2 Å². The van der Waals surface area contributed by atoms with Gasteiger partial charge < -0.3 is 26.4 Å². The molecule has 160 valence electrons. The minimum atomic E-state index is -1.09. The van der Waals surface area contributed by atoms with Crippen molar-refractivity contribution in [3.63, 3.8) is 0 Å². The molecule has 0 aromatic carbocycles. The predicted molar refractivity (Wildman–Crippen MR) is 108 cm³/mol. The molecular formula is C18H32N4O5S. The van der Waals surface area contributed by atoms with Crippen LogP contribution in [0.4, 0.5) is 0 Å². The lowest BCUT2D eigenvalue weighted by molar-refractivity contribution is -0.144. The number of thioether (sulfide) groups is 1. The number of aliphatic carboxylic acids is 1. The van der Waals surface area contributed by atoms with Crippen LogP contribution in [0.3, 0.4) is 0 Å². The molecule has 1 rings (SSSR count). The number of nitrogens with zero attached hydrogens (tertiary/aromatic N) is 1. The number of nitrogens with two attached hydrogens (primary N) is 1. The Morgan fingerprint density at radius 1 is 1.32 bits per heavy atom. The maximum absolute atomic E-state index is 12.5. The first-order valence-corrected chi connectivity index (χ1v) is 11.0. The van der Waals surface area contributed by atoms with E-state index in [1.165, 1.54) is 16.7 Å². The van der Waals surface area contributed by atoms with Crippen molar-refractivity contribution in [1.82, 2.24) is 15.5 Å². The summed E-state index contributed by atoms with van der Waals surface area (Å²) in [6.45, 7) is 3.96. The summed E-state index contributed by atoms with van der Waals surface area (Å²) < 4.78 is 0. The third-order valence-corrected chi connectivity index (χ3v) is 5.72. The van der Waals surface area contributed by atoms with Gasteiger partial charge >= 0.3 is 5.97 Å². The second-order valence-corrected chi connectivity index (χ2v) is 8.04. The van der Waals surface area contributed by atoms with E-state index in [1.54, 1.807) is 0 Å². The van der Waals surface area contributed by atoms with Crippen LogP contribution in [-0.4, -0.2) is 76.9 Å². The second kappa shape index (κ2) is 11.9. The van der Waals surface area contributed by atoms with Gasteiger partial charge in [0, 0.05) is 6.54 Å². The Morgan fingerprint density at radius 2 is 2.00 bits per heavy atom. The molecule has 5 N–H and O–H groups in total. The summed E-state index contributed by atoms with van der Waals surface area (Å²) in [4.78, 5) is 49.8. The van der Waals surface area contributed by atoms with Crippen LogP contribution >= 0.6 is 11.8 Å². The number of amides is 3. The van der Waals surface area contributed by atoms with Crippen LogP contribution in [0.1, 0.15) is 39.5 Å². The van der Waals surface area contributed by atoms with Gasteiger partial charge in [0.1, 0.15) is 12.1 Å². The van der Waals surface area contributed by atoms with Crippen molar-refractivity contribution in [3.05, 3.63) is 0 Å². The number of hydrogen-bond donors (Lipinski definition) is 4. The highest BCUT2D eigenvalue weighted by molar-refractivity contribution is 7.98. The molecule has 0 radical (unpaired) electrons. The molecule has 10 heteroatoms. The topological polar surface area (TPSA) is 142 Å². The normalized spacial score (nSPS) is 19.6. The molecule has 3 amide bonds. The van der Waals surface area contributed by atoms with Gasteiger partial charge in [0.05, 0.1) is 12.6 Å². The molecule has 4 unspecified atom stereocenters. The Balaban J connectivity index is 2.62. The Bertz CT molecular complexity index is 574. The van der Waals surface area contributed by atoms with Crippen molar-refractivity contribution in [2.24, 2.45) is 11.7 Å². The SMILES string of the molecule is CCC(C)C(N)C(=O)NCC(=O)N1CCCC1C(=O)NC(CCSC)C(=O)O. The number of nitrogens with one attached hydrogen (secondary N) is 2. The molecule has 0 spiro atoms. The lowest BCUT2D eigenvalue weighted by atomic mass is 9.99. The largest absolute Gasteiger partial charge is 0.480 e. The minimum absolute atomic E-state index is 0.00495. The van der Waals surface area contributed by atoms with Crippen molar-refractivity contribution < 1.29 is 24.3 Å². The van der Waals surface area contributed by atoms with E-state index < -0.39 is 35.9 Å². The Hall–Kier alpha value is -1.81. The van der Waals surface area contributed by atoms with E-state index in [0.717, 1.165) is 6.42 Å².